The van der Waals surface area contributed by atoms with Gasteiger partial charge in [-0.15, -0.1) is 0 Å². The molecule has 7 rings (SSSR count). The molecule has 1 aliphatic heterocycles. The highest BCUT2D eigenvalue weighted by Gasteiger charge is 2.27. The molecular weight excluding hydrogens is 440 g/mol. The molecule has 3 aliphatic rings. The van der Waals surface area contributed by atoms with E-state index in [1.807, 2.05) is 0 Å². The van der Waals surface area contributed by atoms with Gasteiger partial charge in [-0.25, -0.2) is 0 Å². The molecule has 0 aromatic heterocycles. The Labute approximate surface area is 211 Å². The Balaban J connectivity index is 1.55. The average Bonchev–Trinajstić information content (AvgIpc) is 2.92. The van der Waals surface area contributed by atoms with E-state index in [9.17, 15) is 0 Å². The Morgan fingerprint density at radius 1 is 0.750 bits per heavy atom. The predicted octanol–water partition coefficient (Wildman–Crippen LogP) is 5.76. The van der Waals surface area contributed by atoms with Crippen LogP contribution in [-0.4, -0.2) is 13.2 Å². The van der Waals surface area contributed by atoms with Gasteiger partial charge in [0.15, 0.2) is 11.5 Å². The van der Waals surface area contributed by atoms with Crippen LogP contribution in [-0.2, 0) is 6.42 Å². The summed E-state index contributed by atoms with van der Waals surface area (Å²) in [4.78, 5) is 0. The fourth-order valence-electron chi connectivity index (χ4n) is 6.39. The molecule has 0 radical (unpaired) electrons. The highest BCUT2D eigenvalue weighted by Crippen LogP contribution is 2.39. The molecule has 2 aliphatic carbocycles. The average molecular weight is 471 g/mol. The molecule has 0 amide bonds. The van der Waals surface area contributed by atoms with Crippen LogP contribution in [0.4, 0.5) is 0 Å². The number of ether oxygens (including phenoxy) is 2. The van der Waals surface area contributed by atoms with Crippen molar-refractivity contribution in [2.45, 2.75) is 32.6 Å². The van der Waals surface area contributed by atoms with Crippen molar-refractivity contribution in [1.29, 1.82) is 0 Å². The van der Waals surface area contributed by atoms with Gasteiger partial charge in [-0.05, 0) is 86.5 Å². The molecule has 0 saturated heterocycles. The van der Waals surface area contributed by atoms with Crippen LogP contribution in [0.25, 0.3) is 11.6 Å². The fraction of sp³-hybridized carbons (Fsp3) is 0.235. The van der Waals surface area contributed by atoms with Crippen LogP contribution in [0.5, 0.6) is 11.5 Å². The Morgan fingerprint density at radius 3 is 2.39 bits per heavy atom. The molecule has 0 N–H and O–H groups in total. The maximum absolute atomic E-state index is 5.98. The van der Waals surface area contributed by atoms with Gasteiger partial charge in [0.1, 0.15) is 13.2 Å². The number of fused-ring (bicyclic) bond motifs is 5. The van der Waals surface area contributed by atoms with E-state index in [-0.39, 0.29) is 5.92 Å². The molecule has 4 aromatic carbocycles. The second kappa shape index (κ2) is 8.41. The van der Waals surface area contributed by atoms with E-state index in [1.54, 1.807) is 0 Å². The summed E-state index contributed by atoms with van der Waals surface area (Å²) in [5.41, 5.74) is 8.37. The summed E-state index contributed by atoms with van der Waals surface area (Å²) in [6.07, 6.45) is 4.72. The molecule has 0 saturated carbocycles. The lowest BCUT2D eigenvalue weighted by atomic mass is 9.75. The molecule has 36 heavy (non-hydrogen) atoms. The normalized spacial score (nSPS) is 19.6. The smallest absolute Gasteiger partial charge is 0.161 e. The second-order valence-electron chi connectivity index (χ2n) is 10.4. The zero-order valence-electron chi connectivity index (χ0n) is 20.9. The Morgan fingerprint density at radius 2 is 1.53 bits per heavy atom. The van der Waals surface area contributed by atoms with Crippen molar-refractivity contribution in [2.24, 2.45) is 5.92 Å². The van der Waals surface area contributed by atoms with E-state index in [4.69, 9.17) is 9.47 Å². The number of aryl methyl sites for hydroxylation is 1. The van der Waals surface area contributed by atoms with E-state index < -0.39 is 0 Å². The summed E-state index contributed by atoms with van der Waals surface area (Å²) in [6.45, 7) is 5.76. The molecule has 0 fully saturated rings. The molecule has 0 spiro atoms. The molecular formula is C34H30O2. The molecule has 2 heteroatoms. The molecule has 178 valence electrons. The van der Waals surface area contributed by atoms with E-state index in [0.717, 1.165) is 17.9 Å². The summed E-state index contributed by atoms with van der Waals surface area (Å²) in [6, 6.07) is 29.2. The number of benzene rings is 4. The Kier molecular flexibility index (Phi) is 5.02. The first-order valence-electron chi connectivity index (χ1n) is 13.1. The number of hydrogen-bond donors (Lipinski definition) is 0. The van der Waals surface area contributed by atoms with Crippen molar-refractivity contribution in [3.63, 3.8) is 0 Å². The standard InChI is InChI=1S/C34H30O2/c1-21-7-10-23(11-8-21)33-22(2)9-13-29-28(33)15-14-27-26-6-4-3-5-24(26)19-30(34(27)29)25-12-16-31-32(20-25)36-18-17-35-31/h3-8,10-12,14-16,19-20,22,30H,9,13,17-18H2,1-2H3. The molecule has 2 nitrogen and oxygen atoms in total. The zero-order valence-corrected chi connectivity index (χ0v) is 20.9. The van der Waals surface area contributed by atoms with Crippen molar-refractivity contribution < 1.29 is 9.47 Å². The minimum absolute atomic E-state index is 0.174. The first kappa shape index (κ1) is 21.5. The summed E-state index contributed by atoms with van der Waals surface area (Å²) < 4.78 is 11.8. The van der Waals surface area contributed by atoms with Gasteiger partial charge in [-0.3, -0.25) is 0 Å². The maximum Gasteiger partial charge on any atom is 0.161 e. The van der Waals surface area contributed by atoms with Crippen LogP contribution < -0.4 is 19.9 Å². The Bertz CT molecular complexity index is 1710. The van der Waals surface area contributed by atoms with Gasteiger partial charge in [-0.2, -0.15) is 0 Å². The van der Waals surface area contributed by atoms with Gasteiger partial charge in [-0.1, -0.05) is 85.3 Å². The SMILES string of the molecule is Cc1ccc(C2=c3ccc4c(c3CCC2C)C(c2ccc3c(c2)OCCO3)C=c2ccccc2=4)cc1. The minimum Gasteiger partial charge on any atom is -0.486 e. The fourth-order valence-corrected chi connectivity index (χ4v) is 6.39. The molecule has 1 heterocycles. The monoisotopic (exact) mass is 470 g/mol. The van der Waals surface area contributed by atoms with E-state index >= 15 is 0 Å². The third-order valence-corrected chi connectivity index (χ3v) is 8.16. The quantitative estimate of drug-likeness (QED) is 0.371. The highest BCUT2D eigenvalue weighted by molar-refractivity contribution is 5.71. The van der Waals surface area contributed by atoms with Crippen molar-refractivity contribution in [3.05, 3.63) is 128 Å². The van der Waals surface area contributed by atoms with Crippen LogP contribution in [0.3, 0.4) is 0 Å². The topological polar surface area (TPSA) is 18.5 Å². The molecule has 0 bridgehead atoms. The first-order chi connectivity index (χ1) is 17.7. The molecule has 2 atom stereocenters. The van der Waals surface area contributed by atoms with Gasteiger partial charge in [0.05, 0.1) is 0 Å². The largest absolute Gasteiger partial charge is 0.486 e. The van der Waals surface area contributed by atoms with E-state index in [2.05, 4.69) is 98.8 Å². The second-order valence-corrected chi connectivity index (χ2v) is 10.4. The predicted molar refractivity (Wildman–Crippen MR) is 145 cm³/mol. The van der Waals surface area contributed by atoms with E-state index in [1.165, 1.54) is 60.7 Å². The van der Waals surface area contributed by atoms with Crippen molar-refractivity contribution in [2.75, 3.05) is 13.2 Å². The molecule has 2 unspecified atom stereocenters. The summed E-state index contributed by atoms with van der Waals surface area (Å²) in [5, 5.41) is 5.42. The third kappa shape index (κ3) is 3.39. The maximum atomic E-state index is 5.98. The van der Waals surface area contributed by atoms with Crippen LogP contribution in [0.2, 0.25) is 0 Å². The first-order valence-corrected chi connectivity index (χ1v) is 13.1. The zero-order chi connectivity index (χ0) is 24.2. The lowest BCUT2D eigenvalue weighted by Gasteiger charge is -2.29. The van der Waals surface area contributed by atoms with Crippen LogP contribution >= 0.6 is 0 Å². The van der Waals surface area contributed by atoms with Crippen LogP contribution in [0.15, 0.2) is 78.9 Å². The van der Waals surface area contributed by atoms with Crippen molar-refractivity contribution in [1.82, 2.24) is 0 Å². The number of rotatable bonds is 2. The third-order valence-electron chi connectivity index (χ3n) is 8.16. The lowest BCUT2D eigenvalue weighted by Crippen LogP contribution is -2.28. The van der Waals surface area contributed by atoms with Crippen molar-refractivity contribution in [3.8, 4) is 11.5 Å². The van der Waals surface area contributed by atoms with Crippen LogP contribution in [0.1, 0.15) is 47.1 Å². The number of hydrogen-bond acceptors (Lipinski definition) is 2. The van der Waals surface area contributed by atoms with Gasteiger partial charge in [0.25, 0.3) is 0 Å². The molecule has 4 aromatic rings. The Hall–Kier alpha value is -3.78. The van der Waals surface area contributed by atoms with Crippen LogP contribution in [0, 0.1) is 23.3 Å². The summed E-state index contributed by atoms with van der Waals surface area (Å²) >= 11 is 0. The van der Waals surface area contributed by atoms with Crippen molar-refractivity contribution >= 4 is 11.6 Å². The van der Waals surface area contributed by atoms with E-state index in [0.29, 0.717) is 19.1 Å². The van der Waals surface area contributed by atoms with Gasteiger partial charge >= 0.3 is 0 Å². The van der Waals surface area contributed by atoms with Gasteiger partial charge < -0.3 is 9.47 Å². The van der Waals surface area contributed by atoms with Gasteiger partial charge in [0, 0.05) is 5.92 Å². The minimum atomic E-state index is 0.174. The highest BCUT2D eigenvalue weighted by atomic mass is 16.6. The summed E-state index contributed by atoms with van der Waals surface area (Å²) in [7, 11) is 0. The lowest BCUT2D eigenvalue weighted by molar-refractivity contribution is 0.171. The summed E-state index contributed by atoms with van der Waals surface area (Å²) in [5.74, 6) is 2.41. The van der Waals surface area contributed by atoms with Gasteiger partial charge in [0.2, 0.25) is 0 Å².